The van der Waals surface area contributed by atoms with E-state index >= 15 is 0 Å². The fraction of sp³-hybridized carbons (Fsp3) is 0.462. The Balaban J connectivity index is 2.26. The van der Waals surface area contributed by atoms with Crippen LogP contribution in [0.25, 0.3) is 0 Å². The molecule has 0 unspecified atom stereocenters. The van der Waals surface area contributed by atoms with Gasteiger partial charge in [0, 0.05) is 31.0 Å². The Hall–Kier alpha value is -2.15. The van der Waals surface area contributed by atoms with Gasteiger partial charge in [0.2, 0.25) is 0 Å². The molecule has 0 saturated carbocycles. The highest BCUT2D eigenvalue weighted by molar-refractivity contribution is 5.89. The highest BCUT2D eigenvalue weighted by atomic mass is 16.6. The smallest absolute Gasteiger partial charge is 0.319 e. The summed E-state index contributed by atoms with van der Waals surface area (Å²) in [6, 6.07) is 5.31. The van der Waals surface area contributed by atoms with Crippen LogP contribution in [0.3, 0.4) is 0 Å². The number of nitro groups is 1. The summed E-state index contributed by atoms with van der Waals surface area (Å²) in [5.74, 6) is 0. The molecule has 2 amide bonds. The maximum Gasteiger partial charge on any atom is 0.319 e. The van der Waals surface area contributed by atoms with E-state index in [0.717, 1.165) is 6.42 Å². The van der Waals surface area contributed by atoms with Gasteiger partial charge in [0.25, 0.3) is 5.69 Å². The molecular weight excluding hydrogens is 262 g/mol. The van der Waals surface area contributed by atoms with Gasteiger partial charge in [0.1, 0.15) is 0 Å². The number of nitrogens with one attached hydrogen (secondary N) is 2. The molecule has 0 fully saturated rings. The summed E-state index contributed by atoms with van der Waals surface area (Å²) in [5, 5.41) is 15.8. The van der Waals surface area contributed by atoms with Crippen LogP contribution in [0.1, 0.15) is 20.3 Å². The molecular formula is C13H19N3O4. The van der Waals surface area contributed by atoms with Crippen LogP contribution in [-0.2, 0) is 4.74 Å². The molecule has 20 heavy (non-hydrogen) atoms. The van der Waals surface area contributed by atoms with Crippen LogP contribution in [0.2, 0.25) is 0 Å². The average molecular weight is 281 g/mol. The van der Waals surface area contributed by atoms with E-state index in [9.17, 15) is 14.9 Å². The number of ether oxygens (including phenoxy) is 1. The van der Waals surface area contributed by atoms with Crippen molar-refractivity contribution in [2.75, 3.05) is 18.5 Å². The van der Waals surface area contributed by atoms with Gasteiger partial charge in [0.05, 0.1) is 11.0 Å². The van der Waals surface area contributed by atoms with Crippen LogP contribution in [0.15, 0.2) is 24.3 Å². The Bertz CT molecular complexity index is 445. The van der Waals surface area contributed by atoms with E-state index in [4.69, 9.17) is 4.74 Å². The van der Waals surface area contributed by atoms with Crippen molar-refractivity contribution in [3.63, 3.8) is 0 Å². The normalized spacial score (nSPS) is 10.3. The summed E-state index contributed by atoms with van der Waals surface area (Å²) in [6.07, 6.45) is 0.912. The Kier molecular flexibility index (Phi) is 6.45. The lowest BCUT2D eigenvalue weighted by Crippen LogP contribution is -2.30. The number of benzene rings is 1. The van der Waals surface area contributed by atoms with Crippen molar-refractivity contribution < 1.29 is 14.5 Å². The molecule has 0 aliphatic heterocycles. The molecule has 2 N–H and O–H groups in total. The highest BCUT2D eigenvalue weighted by Crippen LogP contribution is 2.15. The van der Waals surface area contributed by atoms with Gasteiger partial charge in [-0.25, -0.2) is 4.79 Å². The molecule has 7 heteroatoms. The summed E-state index contributed by atoms with van der Waals surface area (Å²) < 4.78 is 5.34. The maximum absolute atomic E-state index is 11.5. The first-order chi connectivity index (χ1) is 9.49. The monoisotopic (exact) mass is 281 g/mol. The number of rotatable bonds is 7. The van der Waals surface area contributed by atoms with Crippen molar-refractivity contribution in [1.29, 1.82) is 0 Å². The van der Waals surface area contributed by atoms with E-state index in [1.165, 1.54) is 24.3 Å². The predicted molar refractivity (Wildman–Crippen MR) is 75.8 cm³/mol. The number of hydrogen-bond donors (Lipinski definition) is 2. The number of nitro benzene ring substituents is 1. The average Bonchev–Trinajstić information content (AvgIpc) is 2.38. The van der Waals surface area contributed by atoms with E-state index in [-0.39, 0.29) is 17.8 Å². The molecule has 0 radical (unpaired) electrons. The third-order valence-corrected chi connectivity index (χ3v) is 2.39. The van der Waals surface area contributed by atoms with Crippen LogP contribution in [0.5, 0.6) is 0 Å². The number of nitrogens with zero attached hydrogens (tertiary/aromatic N) is 1. The quantitative estimate of drug-likeness (QED) is 0.456. The van der Waals surface area contributed by atoms with Gasteiger partial charge in [-0.3, -0.25) is 10.1 Å². The number of non-ortho nitro benzene ring substituents is 1. The second-order valence-corrected chi connectivity index (χ2v) is 4.46. The first-order valence-corrected chi connectivity index (χ1v) is 6.40. The lowest BCUT2D eigenvalue weighted by atomic mass is 10.3. The Morgan fingerprint density at radius 2 is 2.00 bits per heavy atom. The number of carbonyl (C=O) groups is 1. The molecule has 0 bridgehead atoms. The molecule has 0 atom stereocenters. The molecule has 0 aliphatic rings. The van der Waals surface area contributed by atoms with Crippen LogP contribution >= 0.6 is 0 Å². The zero-order valence-corrected chi connectivity index (χ0v) is 11.6. The Morgan fingerprint density at radius 3 is 2.55 bits per heavy atom. The van der Waals surface area contributed by atoms with Gasteiger partial charge in [-0.1, -0.05) is 0 Å². The third-order valence-electron chi connectivity index (χ3n) is 2.39. The first-order valence-electron chi connectivity index (χ1n) is 6.40. The summed E-state index contributed by atoms with van der Waals surface area (Å²) >= 11 is 0. The van der Waals surface area contributed by atoms with Gasteiger partial charge in [-0.2, -0.15) is 0 Å². The SMILES string of the molecule is CC(C)OCCCNC(=O)Nc1ccc([N+](=O)[O-])cc1. The van der Waals surface area contributed by atoms with Crippen molar-refractivity contribution in [3.05, 3.63) is 34.4 Å². The molecule has 7 nitrogen and oxygen atoms in total. The zero-order chi connectivity index (χ0) is 15.0. The largest absolute Gasteiger partial charge is 0.379 e. The minimum absolute atomic E-state index is 0.0122. The van der Waals surface area contributed by atoms with Gasteiger partial charge in [-0.15, -0.1) is 0 Å². The third kappa shape index (κ3) is 6.14. The van der Waals surface area contributed by atoms with E-state index in [2.05, 4.69) is 10.6 Å². The number of anilines is 1. The van der Waals surface area contributed by atoms with Crippen LogP contribution in [-0.4, -0.2) is 30.2 Å². The first kappa shape index (κ1) is 15.9. The lowest BCUT2D eigenvalue weighted by molar-refractivity contribution is -0.384. The summed E-state index contributed by atoms with van der Waals surface area (Å²) in [6.45, 7) is 5.00. The van der Waals surface area contributed by atoms with E-state index in [0.29, 0.717) is 18.8 Å². The van der Waals surface area contributed by atoms with Gasteiger partial charge in [-0.05, 0) is 32.4 Å². The van der Waals surface area contributed by atoms with Crippen LogP contribution < -0.4 is 10.6 Å². The fourth-order valence-electron chi connectivity index (χ4n) is 1.43. The zero-order valence-electron chi connectivity index (χ0n) is 11.6. The van der Waals surface area contributed by atoms with Crippen molar-refractivity contribution >= 4 is 17.4 Å². The standard InChI is InChI=1S/C13H19N3O4/c1-10(2)20-9-3-8-14-13(17)15-11-4-6-12(7-5-11)16(18)19/h4-7,10H,3,8-9H2,1-2H3,(H2,14,15,17). The fourth-order valence-corrected chi connectivity index (χ4v) is 1.43. The van der Waals surface area contributed by atoms with Crippen LogP contribution in [0, 0.1) is 10.1 Å². The lowest BCUT2D eigenvalue weighted by Gasteiger charge is -2.09. The molecule has 1 aromatic carbocycles. The topological polar surface area (TPSA) is 93.5 Å². The minimum Gasteiger partial charge on any atom is -0.379 e. The molecule has 0 saturated heterocycles. The van der Waals surface area contributed by atoms with Gasteiger partial charge in [0.15, 0.2) is 0 Å². The molecule has 0 aromatic heterocycles. The summed E-state index contributed by atoms with van der Waals surface area (Å²) in [5.41, 5.74) is 0.494. The summed E-state index contributed by atoms with van der Waals surface area (Å²) in [7, 11) is 0. The number of urea groups is 1. The second kappa shape index (κ2) is 8.11. The second-order valence-electron chi connectivity index (χ2n) is 4.46. The van der Waals surface area contributed by atoms with Crippen molar-refractivity contribution in [2.24, 2.45) is 0 Å². The summed E-state index contributed by atoms with van der Waals surface area (Å²) in [4.78, 5) is 21.5. The highest BCUT2D eigenvalue weighted by Gasteiger charge is 2.05. The maximum atomic E-state index is 11.5. The molecule has 110 valence electrons. The van der Waals surface area contributed by atoms with E-state index < -0.39 is 4.92 Å². The Labute approximate surface area is 117 Å². The molecule has 0 aliphatic carbocycles. The van der Waals surface area contributed by atoms with Crippen molar-refractivity contribution in [2.45, 2.75) is 26.4 Å². The number of amides is 2. The molecule has 0 heterocycles. The number of hydrogen-bond acceptors (Lipinski definition) is 4. The van der Waals surface area contributed by atoms with Gasteiger partial charge < -0.3 is 15.4 Å². The minimum atomic E-state index is -0.488. The molecule has 1 aromatic rings. The predicted octanol–water partition coefficient (Wildman–Crippen LogP) is 2.53. The molecule has 1 rings (SSSR count). The Morgan fingerprint density at radius 1 is 1.35 bits per heavy atom. The number of carbonyl (C=O) groups excluding carboxylic acids is 1. The van der Waals surface area contributed by atoms with Crippen molar-refractivity contribution in [1.82, 2.24) is 5.32 Å². The molecule has 0 spiro atoms. The van der Waals surface area contributed by atoms with Gasteiger partial charge >= 0.3 is 6.03 Å². The van der Waals surface area contributed by atoms with E-state index in [1.54, 1.807) is 0 Å². The van der Waals surface area contributed by atoms with E-state index in [1.807, 2.05) is 13.8 Å². The van der Waals surface area contributed by atoms with Crippen LogP contribution in [0.4, 0.5) is 16.2 Å². The van der Waals surface area contributed by atoms with Crippen molar-refractivity contribution in [3.8, 4) is 0 Å².